The predicted molar refractivity (Wildman–Crippen MR) is 169 cm³/mol. The van der Waals surface area contributed by atoms with Crippen LogP contribution in [0.15, 0.2) is 81.5 Å². The van der Waals surface area contributed by atoms with Gasteiger partial charge in [0.05, 0.1) is 18.5 Å². The number of aliphatic imine (C=N–C) groups is 1. The number of ether oxygens (including phenoxy) is 1. The van der Waals surface area contributed by atoms with Crippen molar-refractivity contribution >= 4 is 39.5 Å². The zero-order valence-electron chi connectivity index (χ0n) is 24.3. The van der Waals surface area contributed by atoms with Gasteiger partial charge < -0.3 is 15.2 Å². The summed E-state index contributed by atoms with van der Waals surface area (Å²) in [6, 6.07) is 10.3. The third kappa shape index (κ3) is 6.75. The Morgan fingerprint density at radius 2 is 1.82 bits per heavy atom. The molecule has 0 atom stereocenters. The topological polar surface area (TPSA) is 118 Å². The maximum Gasteiger partial charge on any atom is 0.338 e. The van der Waals surface area contributed by atoms with Gasteiger partial charge in [0.2, 0.25) is 6.41 Å². The number of hydrogen-bond donors (Lipinski definition) is 2. The molecule has 0 spiro atoms. The van der Waals surface area contributed by atoms with Gasteiger partial charge in [-0.25, -0.2) is 18.1 Å². The number of aliphatic hydroxyl groups excluding tert-OH is 1. The molecule has 0 unspecified atom stereocenters. The summed E-state index contributed by atoms with van der Waals surface area (Å²) in [4.78, 5) is 46.1. The Morgan fingerprint density at radius 1 is 1.14 bits per heavy atom. The lowest BCUT2D eigenvalue weighted by atomic mass is 10.1. The number of nitrogens with one attached hydrogen (secondary N) is 1. The average molecular weight is 624 g/mol. The van der Waals surface area contributed by atoms with Crippen LogP contribution < -0.4 is 16.6 Å². The van der Waals surface area contributed by atoms with Crippen molar-refractivity contribution in [3.8, 4) is 10.4 Å². The molecule has 0 saturated carbocycles. The lowest BCUT2D eigenvalue weighted by Crippen LogP contribution is -2.43. The first kappa shape index (κ1) is 32.2. The average Bonchev–Trinajstić information content (AvgIpc) is 3.36. The van der Waals surface area contributed by atoms with Crippen LogP contribution in [0.1, 0.15) is 11.1 Å². The van der Waals surface area contributed by atoms with Crippen LogP contribution in [0.2, 0.25) is 0 Å². The van der Waals surface area contributed by atoms with Crippen molar-refractivity contribution < 1.29 is 23.4 Å². The molecule has 4 rings (SSSR count). The highest BCUT2D eigenvalue weighted by Gasteiger charge is 2.26. The summed E-state index contributed by atoms with van der Waals surface area (Å²) in [5.74, 6) is -2.15. The van der Waals surface area contributed by atoms with Gasteiger partial charge in [-0.2, -0.15) is 0 Å². The number of aliphatic hydroxyl groups is 1. The van der Waals surface area contributed by atoms with E-state index >= 15 is 0 Å². The van der Waals surface area contributed by atoms with Crippen LogP contribution in [0.4, 0.5) is 14.5 Å². The molecule has 2 aromatic heterocycles. The van der Waals surface area contributed by atoms with Crippen LogP contribution >= 0.6 is 11.3 Å². The Hall–Kier alpha value is -4.72. The molecule has 0 aliphatic rings. The Labute approximate surface area is 255 Å². The van der Waals surface area contributed by atoms with Crippen molar-refractivity contribution in [1.29, 1.82) is 0 Å². The second-order valence-corrected chi connectivity index (χ2v) is 10.8. The van der Waals surface area contributed by atoms with Crippen molar-refractivity contribution in [2.75, 3.05) is 39.7 Å². The van der Waals surface area contributed by atoms with Crippen molar-refractivity contribution in [3.05, 3.63) is 111 Å². The fraction of sp³-hybridized carbons (Fsp3) is 0.226. The molecule has 4 aromatic rings. The quantitative estimate of drug-likeness (QED) is 0.0796. The first-order valence-electron chi connectivity index (χ1n) is 13.4. The number of methoxy groups -OCH3 is 1. The highest BCUT2D eigenvalue weighted by atomic mass is 32.1. The monoisotopic (exact) mass is 623 g/mol. The number of carbonyl (C=O) groups is 1. The molecule has 2 aromatic carbocycles. The lowest BCUT2D eigenvalue weighted by Gasteiger charge is -2.17. The number of thiophene rings is 1. The number of fused-ring (bicyclic) bond motifs is 1. The largest absolute Gasteiger partial charge is 0.509 e. The van der Waals surface area contributed by atoms with E-state index in [-0.39, 0.29) is 33.9 Å². The number of anilines is 1. The molecule has 0 aliphatic carbocycles. The summed E-state index contributed by atoms with van der Waals surface area (Å²) in [5.41, 5.74) is -0.0993. The van der Waals surface area contributed by atoms with Crippen LogP contribution in [0.25, 0.3) is 20.7 Å². The summed E-state index contributed by atoms with van der Waals surface area (Å²) in [5, 5.41) is 12.4. The molecule has 1 amide bonds. The minimum absolute atomic E-state index is 0.115. The van der Waals surface area contributed by atoms with Gasteiger partial charge >= 0.3 is 5.69 Å². The number of nitrogens with zero attached hydrogens (tertiary/aromatic N) is 4. The van der Waals surface area contributed by atoms with Gasteiger partial charge in [-0.3, -0.25) is 24.0 Å². The van der Waals surface area contributed by atoms with E-state index in [0.29, 0.717) is 41.3 Å². The molecule has 13 heteroatoms. The minimum atomic E-state index is -0.878. The summed E-state index contributed by atoms with van der Waals surface area (Å²) >= 11 is 1.14. The SMILES string of the molecule is C=C(O)/C=C\C(=NC)n1c(=O)c2c(CN(C)CCOC)c(-c3ccc(NC=O)cc3)sc2n(Cc2c(F)cccc2F)c1=O. The molecule has 0 saturated heterocycles. The number of aromatic nitrogens is 2. The zero-order valence-corrected chi connectivity index (χ0v) is 25.2. The highest BCUT2D eigenvalue weighted by Crippen LogP contribution is 2.38. The Morgan fingerprint density at radius 3 is 2.41 bits per heavy atom. The van der Waals surface area contributed by atoms with Crippen molar-refractivity contribution in [3.63, 3.8) is 0 Å². The van der Waals surface area contributed by atoms with Crippen LogP contribution in [-0.2, 0) is 22.6 Å². The van der Waals surface area contributed by atoms with Gasteiger partial charge in [0.15, 0.2) is 0 Å². The highest BCUT2D eigenvalue weighted by molar-refractivity contribution is 7.22. The number of allylic oxidation sites excluding steroid dienone is 2. The molecule has 0 aliphatic heterocycles. The van der Waals surface area contributed by atoms with Crippen LogP contribution in [0.3, 0.4) is 0 Å². The number of carbonyl (C=O) groups excluding carboxylic acids is 1. The molecule has 0 bridgehead atoms. The van der Waals surface area contributed by atoms with E-state index in [1.54, 1.807) is 31.4 Å². The van der Waals surface area contributed by atoms with Crippen LogP contribution in [0, 0.1) is 11.6 Å². The first-order chi connectivity index (χ1) is 21.1. The van der Waals surface area contributed by atoms with E-state index in [0.717, 1.165) is 32.6 Å². The number of hydrogen-bond acceptors (Lipinski definition) is 8. The van der Waals surface area contributed by atoms with E-state index in [9.17, 15) is 28.3 Å². The van der Waals surface area contributed by atoms with Gasteiger partial charge in [0.25, 0.3) is 5.56 Å². The van der Waals surface area contributed by atoms with E-state index in [2.05, 4.69) is 16.9 Å². The van der Waals surface area contributed by atoms with Gasteiger partial charge in [0.1, 0.15) is 28.1 Å². The molecule has 0 radical (unpaired) electrons. The molecule has 0 fully saturated rings. The van der Waals surface area contributed by atoms with E-state index in [1.807, 2.05) is 11.9 Å². The molecule has 44 heavy (non-hydrogen) atoms. The summed E-state index contributed by atoms with van der Waals surface area (Å²) in [6.45, 7) is 4.08. The van der Waals surface area contributed by atoms with Crippen LogP contribution in [0.5, 0.6) is 0 Å². The standard InChI is InChI=1S/C31H31F2N5O5S/c1-19(40)8-13-26(34-2)38-29(41)27-23(16-36(3)14-15-43-4)28(20-9-11-21(12-10-20)35-18-39)44-30(27)37(31(38)42)17-22-24(32)6-5-7-25(22)33/h5-13,18,40H,1,14-17H2,2-4H3,(H,35,39)/b13-8-,34-26?. The lowest BCUT2D eigenvalue weighted by molar-refractivity contribution is -0.105. The normalized spacial score (nSPS) is 12.0. The third-order valence-electron chi connectivity index (χ3n) is 6.81. The summed E-state index contributed by atoms with van der Waals surface area (Å²) in [7, 11) is 4.79. The molecular weight excluding hydrogens is 592 g/mol. The van der Waals surface area contributed by atoms with Gasteiger partial charge in [-0.05, 0) is 54.6 Å². The Bertz CT molecular complexity index is 1860. The fourth-order valence-electron chi connectivity index (χ4n) is 4.64. The molecule has 2 N–H and O–H groups in total. The maximum atomic E-state index is 14.9. The summed E-state index contributed by atoms with van der Waals surface area (Å²) in [6.07, 6.45) is 2.98. The molecule has 230 valence electrons. The van der Waals surface area contributed by atoms with Crippen molar-refractivity contribution in [2.24, 2.45) is 4.99 Å². The van der Waals surface area contributed by atoms with Crippen molar-refractivity contribution in [2.45, 2.75) is 13.1 Å². The van der Waals surface area contributed by atoms with E-state index in [1.165, 1.54) is 25.3 Å². The molecule has 10 nitrogen and oxygen atoms in total. The number of rotatable bonds is 12. The van der Waals surface area contributed by atoms with Crippen LogP contribution in [-0.4, -0.2) is 65.7 Å². The van der Waals surface area contributed by atoms with E-state index in [4.69, 9.17) is 4.74 Å². The number of likely N-dealkylation sites (N-methyl/N-ethyl adjacent to an activating group) is 1. The molecular formula is C31H31F2N5O5S. The summed E-state index contributed by atoms with van der Waals surface area (Å²) < 4.78 is 36.9. The number of amides is 1. The number of benzene rings is 2. The minimum Gasteiger partial charge on any atom is -0.509 e. The maximum absolute atomic E-state index is 14.9. The second kappa shape index (κ2) is 14.2. The smallest absolute Gasteiger partial charge is 0.338 e. The molecule has 2 heterocycles. The number of halogens is 2. The third-order valence-corrected chi connectivity index (χ3v) is 8.12. The first-order valence-corrected chi connectivity index (χ1v) is 14.2. The zero-order chi connectivity index (χ0) is 32.0. The van der Waals surface area contributed by atoms with Gasteiger partial charge in [0, 0.05) is 43.4 Å². The fourth-order valence-corrected chi connectivity index (χ4v) is 5.94. The van der Waals surface area contributed by atoms with Gasteiger partial charge in [-0.15, -0.1) is 11.3 Å². The van der Waals surface area contributed by atoms with E-state index < -0.39 is 29.4 Å². The Balaban J connectivity index is 2.11. The predicted octanol–water partition coefficient (Wildman–Crippen LogP) is 4.37. The van der Waals surface area contributed by atoms with Gasteiger partial charge in [-0.1, -0.05) is 24.8 Å². The van der Waals surface area contributed by atoms with Crippen molar-refractivity contribution in [1.82, 2.24) is 14.0 Å². The second-order valence-electron chi connectivity index (χ2n) is 9.78. The Kier molecular flexibility index (Phi) is 10.4.